The van der Waals surface area contributed by atoms with E-state index in [1.165, 1.54) is 0 Å². The van der Waals surface area contributed by atoms with Crippen molar-refractivity contribution in [2.45, 2.75) is 19.8 Å². The number of carbonyl (C=O) groups excluding carboxylic acids is 1. The van der Waals surface area contributed by atoms with E-state index in [9.17, 15) is 14.7 Å². The first-order valence-electron chi connectivity index (χ1n) is 8.68. The van der Waals surface area contributed by atoms with Gasteiger partial charge in [0.15, 0.2) is 17.3 Å². The topological polar surface area (TPSA) is 102 Å². The van der Waals surface area contributed by atoms with Gasteiger partial charge in [-0.25, -0.2) is 4.98 Å². The van der Waals surface area contributed by atoms with Crippen LogP contribution in [0.25, 0.3) is 11.3 Å². The van der Waals surface area contributed by atoms with Crippen molar-refractivity contribution in [3.63, 3.8) is 0 Å². The van der Waals surface area contributed by atoms with Crippen LogP contribution in [0.3, 0.4) is 0 Å². The van der Waals surface area contributed by atoms with E-state index in [2.05, 4.69) is 10.3 Å². The predicted octanol–water partition coefficient (Wildman–Crippen LogP) is 2.51. The molecule has 1 aliphatic rings. The lowest BCUT2D eigenvalue weighted by molar-refractivity contribution is -0.144. The zero-order valence-corrected chi connectivity index (χ0v) is 14.6. The standard InChI is InChI=1S/C19H22N2O5/c1-12-21-16(17(26-12)14-5-3-2-4-6-14)18(22)20-11-15(19(23)24)13-7-9-25-10-8-13/h2-6,13,15H,7-11H2,1H3,(H,20,22)(H,23,24). The summed E-state index contributed by atoms with van der Waals surface area (Å²) >= 11 is 0. The maximum absolute atomic E-state index is 12.6. The lowest BCUT2D eigenvalue weighted by Crippen LogP contribution is -2.39. The summed E-state index contributed by atoms with van der Waals surface area (Å²) in [5.74, 6) is -1.22. The van der Waals surface area contributed by atoms with Gasteiger partial charge in [0.25, 0.3) is 5.91 Å². The van der Waals surface area contributed by atoms with E-state index in [0.717, 1.165) is 5.56 Å². The number of oxazole rings is 1. The number of carbonyl (C=O) groups is 2. The maximum atomic E-state index is 12.6. The van der Waals surface area contributed by atoms with Gasteiger partial charge in [-0.2, -0.15) is 0 Å². The number of nitrogens with zero attached hydrogens (tertiary/aromatic N) is 1. The summed E-state index contributed by atoms with van der Waals surface area (Å²) in [5.41, 5.74) is 0.919. The highest BCUT2D eigenvalue weighted by Crippen LogP contribution is 2.26. The molecule has 7 heteroatoms. The first-order chi connectivity index (χ1) is 12.6. The maximum Gasteiger partial charge on any atom is 0.308 e. The minimum Gasteiger partial charge on any atom is -0.481 e. The Hall–Kier alpha value is -2.67. The van der Waals surface area contributed by atoms with E-state index in [1.807, 2.05) is 30.3 Å². The number of benzene rings is 1. The fourth-order valence-corrected chi connectivity index (χ4v) is 3.23. The molecular formula is C19H22N2O5. The molecule has 1 fully saturated rings. The number of carboxylic acid groups (broad SMARTS) is 1. The van der Waals surface area contributed by atoms with Crippen LogP contribution in [0.1, 0.15) is 29.2 Å². The molecule has 26 heavy (non-hydrogen) atoms. The molecule has 0 aliphatic carbocycles. The number of nitrogens with one attached hydrogen (secondary N) is 1. The summed E-state index contributed by atoms with van der Waals surface area (Å²) in [4.78, 5) is 28.4. The third-order valence-corrected chi connectivity index (χ3v) is 4.62. The van der Waals surface area contributed by atoms with Gasteiger partial charge in [0.2, 0.25) is 0 Å². The number of aryl methyl sites for hydroxylation is 1. The minimum absolute atomic E-state index is 0.00538. The molecule has 0 saturated carbocycles. The summed E-state index contributed by atoms with van der Waals surface area (Å²) in [6, 6.07) is 9.23. The summed E-state index contributed by atoms with van der Waals surface area (Å²) in [6.07, 6.45) is 1.37. The van der Waals surface area contributed by atoms with Gasteiger partial charge in [-0.3, -0.25) is 9.59 Å². The molecule has 1 amide bonds. The zero-order valence-electron chi connectivity index (χ0n) is 14.6. The average Bonchev–Trinajstić information content (AvgIpc) is 3.05. The van der Waals surface area contributed by atoms with Gasteiger partial charge in [0.1, 0.15) is 0 Å². The Morgan fingerprint density at radius 3 is 2.62 bits per heavy atom. The number of aliphatic carboxylic acids is 1. The van der Waals surface area contributed by atoms with Gasteiger partial charge < -0.3 is 19.6 Å². The Morgan fingerprint density at radius 1 is 1.27 bits per heavy atom. The second kappa shape index (κ2) is 8.14. The molecular weight excluding hydrogens is 336 g/mol. The van der Waals surface area contributed by atoms with Gasteiger partial charge in [0, 0.05) is 32.2 Å². The predicted molar refractivity (Wildman–Crippen MR) is 93.7 cm³/mol. The number of carboxylic acids is 1. The van der Waals surface area contributed by atoms with Crippen LogP contribution in [0, 0.1) is 18.8 Å². The lowest BCUT2D eigenvalue weighted by atomic mass is 9.86. The number of hydrogen-bond donors (Lipinski definition) is 2. The molecule has 2 N–H and O–H groups in total. The molecule has 3 rings (SSSR count). The fraction of sp³-hybridized carbons (Fsp3) is 0.421. The van der Waals surface area contributed by atoms with Crippen LogP contribution >= 0.6 is 0 Å². The zero-order chi connectivity index (χ0) is 18.5. The number of hydrogen-bond acceptors (Lipinski definition) is 5. The summed E-state index contributed by atoms with van der Waals surface area (Å²) < 4.78 is 10.9. The van der Waals surface area contributed by atoms with Gasteiger partial charge in [-0.15, -0.1) is 0 Å². The first kappa shape index (κ1) is 18.1. The van der Waals surface area contributed by atoms with Gasteiger partial charge in [0.05, 0.1) is 5.92 Å². The van der Waals surface area contributed by atoms with Crippen molar-refractivity contribution < 1.29 is 23.8 Å². The molecule has 7 nitrogen and oxygen atoms in total. The van der Waals surface area contributed by atoms with Crippen LogP contribution in [-0.2, 0) is 9.53 Å². The van der Waals surface area contributed by atoms with E-state index >= 15 is 0 Å². The Kier molecular flexibility index (Phi) is 5.68. The van der Waals surface area contributed by atoms with Crippen molar-refractivity contribution >= 4 is 11.9 Å². The van der Waals surface area contributed by atoms with Crippen molar-refractivity contribution in [2.24, 2.45) is 11.8 Å². The molecule has 1 aromatic heterocycles. The van der Waals surface area contributed by atoms with Crippen LogP contribution in [0.2, 0.25) is 0 Å². The third kappa shape index (κ3) is 4.11. The highest BCUT2D eigenvalue weighted by atomic mass is 16.5. The van der Waals surface area contributed by atoms with Gasteiger partial charge in [-0.1, -0.05) is 30.3 Å². The Bertz CT molecular complexity index is 765. The van der Waals surface area contributed by atoms with Crippen LogP contribution in [0.5, 0.6) is 0 Å². The van der Waals surface area contributed by atoms with E-state index in [1.54, 1.807) is 6.92 Å². The minimum atomic E-state index is -0.906. The molecule has 1 saturated heterocycles. The normalized spacial score (nSPS) is 16.2. The summed E-state index contributed by atoms with van der Waals surface area (Å²) in [6.45, 7) is 2.84. The van der Waals surface area contributed by atoms with Crippen molar-refractivity contribution in [1.29, 1.82) is 0 Å². The van der Waals surface area contributed by atoms with Crippen molar-refractivity contribution in [3.05, 3.63) is 41.9 Å². The summed E-state index contributed by atoms with van der Waals surface area (Å²) in [7, 11) is 0. The van der Waals surface area contributed by atoms with Gasteiger partial charge in [-0.05, 0) is 18.8 Å². The SMILES string of the molecule is Cc1nc(C(=O)NCC(C(=O)O)C2CCOCC2)c(-c2ccccc2)o1. The third-order valence-electron chi connectivity index (χ3n) is 4.62. The molecule has 0 radical (unpaired) electrons. The van der Waals surface area contributed by atoms with Crippen molar-refractivity contribution in [2.75, 3.05) is 19.8 Å². The number of ether oxygens (including phenoxy) is 1. The van der Waals surface area contributed by atoms with Crippen LogP contribution in [0.4, 0.5) is 0 Å². The monoisotopic (exact) mass is 358 g/mol. The first-order valence-corrected chi connectivity index (χ1v) is 8.68. The number of rotatable bonds is 6. The molecule has 2 aromatic rings. The molecule has 138 valence electrons. The van der Waals surface area contributed by atoms with Crippen LogP contribution in [-0.4, -0.2) is 41.7 Å². The molecule has 0 bridgehead atoms. The van der Waals surface area contributed by atoms with E-state index in [0.29, 0.717) is 37.7 Å². The van der Waals surface area contributed by atoms with Crippen LogP contribution in [0.15, 0.2) is 34.7 Å². The van der Waals surface area contributed by atoms with E-state index in [-0.39, 0.29) is 18.2 Å². The van der Waals surface area contributed by atoms with Crippen molar-refractivity contribution in [3.8, 4) is 11.3 Å². The van der Waals surface area contributed by atoms with E-state index < -0.39 is 17.8 Å². The smallest absolute Gasteiger partial charge is 0.308 e. The lowest BCUT2D eigenvalue weighted by Gasteiger charge is -2.27. The number of aromatic nitrogens is 1. The van der Waals surface area contributed by atoms with Crippen molar-refractivity contribution in [1.82, 2.24) is 10.3 Å². The largest absolute Gasteiger partial charge is 0.481 e. The van der Waals surface area contributed by atoms with Gasteiger partial charge >= 0.3 is 5.97 Å². The Morgan fingerprint density at radius 2 is 1.96 bits per heavy atom. The molecule has 2 heterocycles. The number of amides is 1. The fourth-order valence-electron chi connectivity index (χ4n) is 3.23. The van der Waals surface area contributed by atoms with Crippen LogP contribution < -0.4 is 5.32 Å². The summed E-state index contributed by atoms with van der Waals surface area (Å²) in [5, 5.41) is 12.2. The molecule has 1 unspecified atom stereocenters. The average molecular weight is 358 g/mol. The second-order valence-corrected chi connectivity index (χ2v) is 6.38. The Labute approximate surface area is 151 Å². The molecule has 1 atom stereocenters. The molecule has 1 aromatic carbocycles. The highest BCUT2D eigenvalue weighted by molar-refractivity contribution is 5.97. The quantitative estimate of drug-likeness (QED) is 0.823. The molecule has 1 aliphatic heterocycles. The molecule has 0 spiro atoms. The Balaban J connectivity index is 1.73. The second-order valence-electron chi connectivity index (χ2n) is 6.38. The van der Waals surface area contributed by atoms with E-state index in [4.69, 9.17) is 9.15 Å². The highest BCUT2D eigenvalue weighted by Gasteiger charge is 2.31.